The third-order valence-electron chi connectivity index (χ3n) is 4.16. The summed E-state index contributed by atoms with van der Waals surface area (Å²) in [6.45, 7) is 2.95. The van der Waals surface area contributed by atoms with Crippen LogP contribution in [0, 0.1) is 0 Å². The molecule has 24 heavy (non-hydrogen) atoms. The molecule has 7 nitrogen and oxygen atoms in total. The molecule has 0 saturated carbocycles. The highest BCUT2D eigenvalue weighted by molar-refractivity contribution is 5.73. The number of carbonyl (C=O) groups is 2. The Morgan fingerprint density at radius 1 is 1.46 bits per heavy atom. The zero-order valence-corrected chi connectivity index (χ0v) is 13.8. The fourth-order valence-electron chi connectivity index (χ4n) is 2.91. The van der Waals surface area contributed by atoms with Crippen LogP contribution in [0.4, 0.5) is 4.79 Å². The van der Waals surface area contributed by atoms with Crippen LogP contribution in [-0.4, -0.2) is 52.9 Å². The lowest BCUT2D eigenvalue weighted by atomic mass is 10.1. The Labute approximate surface area is 141 Å². The summed E-state index contributed by atoms with van der Waals surface area (Å²) in [6.07, 6.45) is 0.341. The molecule has 1 saturated heterocycles. The minimum absolute atomic E-state index is 0.0659. The molecule has 2 amide bonds. The van der Waals surface area contributed by atoms with E-state index in [-0.39, 0.29) is 24.9 Å². The van der Waals surface area contributed by atoms with E-state index in [1.807, 2.05) is 4.90 Å². The molecule has 1 fully saturated rings. The van der Waals surface area contributed by atoms with Crippen molar-refractivity contribution >= 4 is 12.0 Å². The maximum absolute atomic E-state index is 11.5. The Hall–Kier alpha value is -2.28. The van der Waals surface area contributed by atoms with Gasteiger partial charge in [-0.2, -0.15) is 0 Å². The SMILES string of the molecule is CC(=O)N1CCCC1COc1cccc(C(O)CCNC(=O)O)c1. The van der Waals surface area contributed by atoms with E-state index in [1.165, 1.54) is 0 Å². The number of nitrogens with zero attached hydrogens (tertiary/aromatic N) is 1. The first-order valence-corrected chi connectivity index (χ1v) is 8.12. The molecule has 2 unspecified atom stereocenters. The van der Waals surface area contributed by atoms with Gasteiger partial charge in [-0.15, -0.1) is 0 Å². The third-order valence-corrected chi connectivity index (χ3v) is 4.16. The van der Waals surface area contributed by atoms with Crippen molar-refractivity contribution in [1.29, 1.82) is 0 Å². The minimum atomic E-state index is -1.11. The first-order valence-electron chi connectivity index (χ1n) is 8.12. The highest BCUT2D eigenvalue weighted by atomic mass is 16.5. The molecule has 7 heteroatoms. The van der Waals surface area contributed by atoms with Crippen LogP contribution in [0.1, 0.15) is 37.9 Å². The van der Waals surface area contributed by atoms with Crippen molar-refractivity contribution in [1.82, 2.24) is 10.2 Å². The molecule has 1 aromatic rings. The number of carboxylic acid groups (broad SMARTS) is 1. The molecule has 2 atom stereocenters. The van der Waals surface area contributed by atoms with Crippen molar-refractivity contribution < 1.29 is 24.5 Å². The van der Waals surface area contributed by atoms with E-state index < -0.39 is 12.2 Å². The maximum atomic E-state index is 11.5. The number of carbonyl (C=O) groups excluding carboxylic acids is 1. The second-order valence-electron chi connectivity index (χ2n) is 5.93. The zero-order valence-electron chi connectivity index (χ0n) is 13.8. The van der Waals surface area contributed by atoms with Gasteiger partial charge in [0.1, 0.15) is 12.4 Å². The van der Waals surface area contributed by atoms with Gasteiger partial charge in [0.15, 0.2) is 0 Å². The van der Waals surface area contributed by atoms with Gasteiger partial charge in [0.25, 0.3) is 0 Å². The lowest BCUT2D eigenvalue weighted by molar-refractivity contribution is -0.130. The maximum Gasteiger partial charge on any atom is 0.404 e. The number of aliphatic hydroxyl groups excluding tert-OH is 1. The molecule has 0 spiro atoms. The predicted octanol–water partition coefficient (Wildman–Crippen LogP) is 1.77. The van der Waals surface area contributed by atoms with E-state index in [4.69, 9.17) is 9.84 Å². The molecule has 3 N–H and O–H groups in total. The molecule has 1 aromatic carbocycles. The third kappa shape index (κ3) is 5.13. The van der Waals surface area contributed by atoms with Gasteiger partial charge in [0.2, 0.25) is 5.91 Å². The molecule has 1 aliphatic heterocycles. The quantitative estimate of drug-likeness (QED) is 0.705. The fourth-order valence-corrected chi connectivity index (χ4v) is 2.91. The van der Waals surface area contributed by atoms with Crippen LogP contribution in [-0.2, 0) is 4.79 Å². The highest BCUT2D eigenvalue weighted by Gasteiger charge is 2.26. The Morgan fingerprint density at radius 3 is 2.96 bits per heavy atom. The number of nitrogens with one attached hydrogen (secondary N) is 1. The van der Waals surface area contributed by atoms with Gasteiger partial charge < -0.3 is 25.2 Å². The number of likely N-dealkylation sites (tertiary alicyclic amines) is 1. The second-order valence-corrected chi connectivity index (χ2v) is 5.93. The van der Waals surface area contributed by atoms with Crippen molar-refractivity contribution in [2.45, 2.75) is 38.3 Å². The molecule has 0 bridgehead atoms. The summed E-state index contributed by atoms with van der Waals surface area (Å²) in [5, 5.41) is 20.9. The molecule has 2 rings (SSSR count). The van der Waals surface area contributed by atoms with Gasteiger partial charge in [-0.3, -0.25) is 4.79 Å². The smallest absolute Gasteiger partial charge is 0.404 e. The Balaban J connectivity index is 1.88. The minimum Gasteiger partial charge on any atom is -0.491 e. The van der Waals surface area contributed by atoms with Crippen LogP contribution in [0.15, 0.2) is 24.3 Å². The monoisotopic (exact) mass is 336 g/mol. The Kier molecular flexibility index (Phi) is 6.43. The number of hydrogen-bond donors (Lipinski definition) is 3. The van der Waals surface area contributed by atoms with E-state index in [2.05, 4.69) is 5.32 Å². The number of amides is 2. The summed E-state index contributed by atoms with van der Waals surface area (Å²) in [5.41, 5.74) is 0.675. The predicted molar refractivity (Wildman–Crippen MR) is 88.0 cm³/mol. The van der Waals surface area contributed by atoms with Gasteiger partial charge in [-0.25, -0.2) is 4.79 Å². The average molecular weight is 336 g/mol. The molecule has 0 aromatic heterocycles. The number of aliphatic hydroxyl groups is 1. The summed E-state index contributed by atoms with van der Waals surface area (Å²) in [7, 11) is 0. The van der Waals surface area contributed by atoms with E-state index >= 15 is 0 Å². The number of rotatable bonds is 7. The average Bonchev–Trinajstić information content (AvgIpc) is 3.01. The van der Waals surface area contributed by atoms with Gasteiger partial charge in [-0.1, -0.05) is 12.1 Å². The van der Waals surface area contributed by atoms with Crippen LogP contribution in [0.5, 0.6) is 5.75 Å². The fraction of sp³-hybridized carbons (Fsp3) is 0.529. The molecule has 1 aliphatic rings. The Bertz CT molecular complexity index is 578. The van der Waals surface area contributed by atoms with Crippen molar-refractivity contribution in [2.75, 3.05) is 19.7 Å². The van der Waals surface area contributed by atoms with Crippen molar-refractivity contribution in [3.63, 3.8) is 0 Å². The van der Waals surface area contributed by atoms with Crippen molar-refractivity contribution in [2.24, 2.45) is 0 Å². The summed E-state index contributed by atoms with van der Waals surface area (Å²) in [5.74, 6) is 0.698. The summed E-state index contributed by atoms with van der Waals surface area (Å²) in [6, 6.07) is 7.21. The van der Waals surface area contributed by atoms with Crippen LogP contribution in [0.25, 0.3) is 0 Å². The molecule has 0 radical (unpaired) electrons. The van der Waals surface area contributed by atoms with E-state index in [9.17, 15) is 14.7 Å². The summed E-state index contributed by atoms with van der Waals surface area (Å²) in [4.78, 5) is 23.8. The first-order chi connectivity index (χ1) is 11.5. The van der Waals surface area contributed by atoms with Gasteiger partial charge >= 0.3 is 6.09 Å². The van der Waals surface area contributed by atoms with Crippen LogP contribution < -0.4 is 10.1 Å². The lowest BCUT2D eigenvalue weighted by Crippen LogP contribution is -2.37. The van der Waals surface area contributed by atoms with E-state index in [0.717, 1.165) is 19.4 Å². The molecular weight excluding hydrogens is 312 g/mol. The standard InChI is InChI=1S/C17H24N2O5/c1-12(20)19-9-3-5-14(19)11-24-15-6-2-4-13(10-15)16(21)7-8-18-17(22)23/h2,4,6,10,14,16,18,21H,3,5,7-9,11H2,1H3,(H,22,23). The lowest BCUT2D eigenvalue weighted by Gasteiger charge is -2.23. The van der Waals surface area contributed by atoms with Crippen LogP contribution in [0.2, 0.25) is 0 Å². The van der Waals surface area contributed by atoms with Crippen molar-refractivity contribution in [3.05, 3.63) is 29.8 Å². The van der Waals surface area contributed by atoms with Crippen LogP contribution >= 0.6 is 0 Å². The van der Waals surface area contributed by atoms with E-state index in [0.29, 0.717) is 17.9 Å². The van der Waals surface area contributed by atoms with Gasteiger partial charge in [-0.05, 0) is 37.0 Å². The Morgan fingerprint density at radius 2 is 2.25 bits per heavy atom. The summed E-state index contributed by atoms with van der Waals surface area (Å²) >= 11 is 0. The topological polar surface area (TPSA) is 99.1 Å². The highest BCUT2D eigenvalue weighted by Crippen LogP contribution is 2.23. The first kappa shape index (κ1) is 18.1. The second kappa shape index (κ2) is 8.54. The zero-order chi connectivity index (χ0) is 17.5. The van der Waals surface area contributed by atoms with Gasteiger partial charge in [0.05, 0.1) is 12.1 Å². The normalized spacial score (nSPS) is 18.2. The molecule has 0 aliphatic carbocycles. The number of hydrogen-bond acceptors (Lipinski definition) is 4. The number of benzene rings is 1. The number of ether oxygens (including phenoxy) is 1. The largest absolute Gasteiger partial charge is 0.491 e. The van der Waals surface area contributed by atoms with E-state index in [1.54, 1.807) is 31.2 Å². The molecule has 132 valence electrons. The molecular formula is C17H24N2O5. The van der Waals surface area contributed by atoms with Crippen LogP contribution in [0.3, 0.4) is 0 Å². The molecule has 1 heterocycles. The van der Waals surface area contributed by atoms with Gasteiger partial charge in [0, 0.05) is 20.0 Å². The van der Waals surface area contributed by atoms with Crippen molar-refractivity contribution in [3.8, 4) is 5.75 Å². The summed E-state index contributed by atoms with van der Waals surface area (Å²) < 4.78 is 5.79.